The van der Waals surface area contributed by atoms with Crippen LogP contribution in [0, 0.1) is 56.6 Å². The molecule has 5 heteroatoms. The number of hydrogen-bond acceptors (Lipinski definition) is 4. The fourth-order valence-corrected chi connectivity index (χ4v) is 8.80. The molecule has 63 heavy (non-hydrogen) atoms. The van der Waals surface area contributed by atoms with Crippen LogP contribution in [0.5, 0.6) is 0 Å². The summed E-state index contributed by atoms with van der Waals surface area (Å²) in [6.07, 6.45) is 13.5. The second-order valence-electron chi connectivity index (χ2n) is 19.2. The van der Waals surface area contributed by atoms with Crippen molar-refractivity contribution in [2.75, 3.05) is 0 Å². The van der Waals surface area contributed by atoms with Gasteiger partial charge in [-0.05, 0) is 112 Å². The first-order valence-corrected chi connectivity index (χ1v) is 23.1. The molecular formula is C58H72IrN2O2-2. The quantitative estimate of drug-likeness (QED) is 0.0798. The van der Waals surface area contributed by atoms with E-state index in [0.29, 0.717) is 6.17 Å². The molecule has 0 amide bonds. The molecule has 2 aromatic heterocycles. The van der Waals surface area contributed by atoms with Crippen molar-refractivity contribution in [2.45, 2.75) is 147 Å². The maximum Gasteiger partial charge on any atom is 0.164 e. The largest absolute Gasteiger partial charge is 0.512 e. The van der Waals surface area contributed by atoms with E-state index in [0.717, 1.165) is 76.9 Å². The molecular weight excluding hydrogens is 949 g/mol. The van der Waals surface area contributed by atoms with Gasteiger partial charge in [-0.25, -0.2) is 0 Å². The first-order chi connectivity index (χ1) is 29.9. The molecule has 1 N–H and O–H groups in total. The van der Waals surface area contributed by atoms with Crippen LogP contribution in [0.4, 0.5) is 0 Å². The van der Waals surface area contributed by atoms with Crippen LogP contribution in [-0.4, -0.2) is 20.9 Å². The molecule has 7 rings (SSSR count). The molecule has 2 heterocycles. The molecule has 1 radical (unpaired) electrons. The van der Waals surface area contributed by atoms with Crippen LogP contribution in [-0.2, 0) is 31.3 Å². The number of fused-ring (bicyclic) bond motifs is 2. The van der Waals surface area contributed by atoms with Crippen LogP contribution in [0.15, 0.2) is 97.0 Å². The Morgan fingerprint density at radius 2 is 1.30 bits per heavy atom. The smallest absolute Gasteiger partial charge is 0.164 e. The third-order valence-electron chi connectivity index (χ3n) is 12.8. The van der Waals surface area contributed by atoms with Gasteiger partial charge in [-0.1, -0.05) is 132 Å². The molecule has 0 unspecified atom stereocenters. The van der Waals surface area contributed by atoms with Gasteiger partial charge in [0.15, 0.2) is 5.78 Å². The number of nitrogens with zero attached hydrogens (tertiary/aromatic N) is 2. The van der Waals surface area contributed by atoms with Gasteiger partial charge in [0.2, 0.25) is 0 Å². The van der Waals surface area contributed by atoms with Gasteiger partial charge < -0.3 is 15.1 Å². The number of pyridine rings is 2. The molecule has 6 aromatic rings. The van der Waals surface area contributed by atoms with Gasteiger partial charge in [-0.3, -0.25) is 4.79 Å². The standard InChI is InChI=1S/C22H22N.C22H24N.C14H26O2.Ir/c1-15-11-16(2)13-20(12-15)22-21-8-7-18(17-5-3-4-6-17)14-19(21)9-10-23-22;1-15-10-16(2)12-19(11-15)21-20-7-6-17(14-22(3,4)5)13-18(20)8-9-23-21;1-6-11(7-2)12(15)10-13(16)14(5,8-3)9-4;/h7-12,14,17H,3-6H2,1-2H3;6-11,13H,14H2,1-5H3;10-11,15H,6-9H2,1-5H3;/q2*-1;;/b;;12-10-;/i;9D;;. The predicted molar refractivity (Wildman–Crippen MR) is 264 cm³/mol. The van der Waals surface area contributed by atoms with Gasteiger partial charge >= 0.3 is 0 Å². The van der Waals surface area contributed by atoms with Gasteiger partial charge in [0.25, 0.3) is 0 Å². The molecule has 1 saturated carbocycles. The molecule has 0 atom stereocenters. The Hall–Kier alpha value is -4.44. The van der Waals surface area contributed by atoms with E-state index in [1.165, 1.54) is 70.3 Å². The summed E-state index contributed by atoms with van der Waals surface area (Å²) in [5.74, 6) is 1.19. The Morgan fingerprint density at radius 1 is 0.762 bits per heavy atom. The molecule has 337 valence electrons. The van der Waals surface area contributed by atoms with Crippen LogP contribution in [0.2, 0.25) is 0 Å². The molecule has 0 aliphatic heterocycles. The number of aliphatic hydroxyl groups excluding tert-OH is 1. The van der Waals surface area contributed by atoms with Crippen molar-refractivity contribution in [3.8, 4) is 22.5 Å². The third kappa shape index (κ3) is 13.8. The minimum absolute atomic E-state index is 0. The second-order valence-corrected chi connectivity index (χ2v) is 19.2. The molecule has 4 nitrogen and oxygen atoms in total. The van der Waals surface area contributed by atoms with E-state index in [1.54, 1.807) is 0 Å². The summed E-state index contributed by atoms with van der Waals surface area (Å²) in [7, 11) is 0. The number of aromatic nitrogens is 2. The maximum atomic E-state index is 12.0. The molecule has 1 aliphatic rings. The molecule has 0 saturated heterocycles. The SMILES string of the molecule is CCC(CC)/C(O)=C/C(=O)C(C)(CC)CC.Cc1[c-]c(-c2nccc3cc(C4CCCC4)ccc23)cc(C)c1.[2H]c1cc2cc(CC(C)(C)C)ccc2c(-c2[c-]c(C)cc(C)c2)n1.[Ir]. The average molecular weight is 1020 g/mol. The fourth-order valence-electron chi connectivity index (χ4n) is 8.80. The van der Waals surface area contributed by atoms with Gasteiger partial charge in [0.05, 0.1) is 7.13 Å². The van der Waals surface area contributed by atoms with E-state index in [1.807, 2.05) is 53.8 Å². The average Bonchev–Trinajstić information content (AvgIpc) is 3.78. The fraction of sp³-hybridized carbons (Fsp3) is 0.431. The zero-order chi connectivity index (χ0) is 46.1. The van der Waals surface area contributed by atoms with Crippen molar-refractivity contribution >= 4 is 27.3 Å². The number of ketones is 1. The minimum Gasteiger partial charge on any atom is -0.512 e. The van der Waals surface area contributed by atoms with Crippen molar-refractivity contribution < 1.29 is 31.4 Å². The Morgan fingerprint density at radius 3 is 1.83 bits per heavy atom. The molecule has 0 spiro atoms. The first-order valence-electron chi connectivity index (χ1n) is 23.6. The van der Waals surface area contributed by atoms with Crippen LogP contribution >= 0.6 is 0 Å². The van der Waals surface area contributed by atoms with E-state index in [-0.39, 0.29) is 48.4 Å². The Balaban J connectivity index is 0.000000214. The predicted octanol–water partition coefficient (Wildman–Crippen LogP) is 16.1. The third-order valence-corrected chi connectivity index (χ3v) is 12.8. The van der Waals surface area contributed by atoms with Crippen LogP contribution in [0.1, 0.15) is 147 Å². The molecule has 1 fully saturated rings. The summed E-state index contributed by atoms with van der Waals surface area (Å²) >= 11 is 0. The summed E-state index contributed by atoms with van der Waals surface area (Å²) in [4.78, 5) is 21.2. The minimum atomic E-state index is -0.319. The summed E-state index contributed by atoms with van der Waals surface area (Å²) < 4.78 is 8.10. The number of benzene rings is 4. The normalized spacial score (nSPS) is 13.5. The topological polar surface area (TPSA) is 63.1 Å². The summed E-state index contributed by atoms with van der Waals surface area (Å²) in [6, 6.07) is 32.9. The van der Waals surface area contributed by atoms with Gasteiger partial charge in [0.1, 0.15) is 0 Å². The van der Waals surface area contributed by atoms with Crippen LogP contribution in [0.3, 0.4) is 0 Å². The number of hydrogen-bond donors (Lipinski definition) is 1. The number of allylic oxidation sites excluding steroid dienone is 2. The van der Waals surface area contributed by atoms with E-state index in [4.69, 9.17) is 1.37 Å². The van der Waals surface area contributed by atoms with Crippen molar-refractivity contribution in [3.05, 3.63) is 143 Å². The maximum absolute atomic E-state index is 12.0. The zero-order valence-electron chi connectivity index (χ0n) is 41.2. The van der Waals surface area contributed by atoms with Gasteiger partial charge in [-0.2, -0.15) is 0 Å². The summed E-state index contributed by atoms with van der Waals surface area (Å²) in [5.41, 5.74) is 11.4. The van der Waals surface area contributed by atoms with Gasteiger partial charge in [-0.15, -0.1) is 69.8 Å². The molecule has 4 aromatic carbocycles. The van der Waals surface area contributed by atoms with E-state index in [9.17, 15) is 9.90 Å². The van der Waals surface area contributed by atoms with Crippen molar-refractivity contribution in [3.63, 3.8) is 0 Å². The van der Waals surface area contributed by atoms with E-state index in [2.05, 4.69) is 130 Å². The molecule has 0 bridgehead atoms. The molecule has 1 aliphatic carbocycles. The van der Waals surface area contributed by atoms with Crippen LogP contribution < -0.4 is 0 Å². The van der Waals surface area contributed by atoms with Crippen molar-refractivity contribution in [1.82, 2.24) is 9.97 Å². The first kappa shape index (κ1) is 49.6. The Bertz CT molecular complexity index is 2500. The van der Waals surface area contributed by atoms with E-state index >= 15 is 0 Å². The number of carbonyl (C=O) groups is 1. The number of aliphatic hydroxyl groups is 1. The van der Waals surface area contributed by atoms with Crippen molar-refractivity contribution in [1.29, 1.82) is 0 Å². The Labute approximate surface area is 395 Å². The monoisotopic (exact) mass is 1020 g/mol. The summed E-state index contributed by atoms with van der Waals surface area (Å²) in [6.45, 7) is 25.2. The number of rotatable bonds is 11. The van der Waals surface area contributed by atoms with E-state index < -0.39 is 0 Å². The van der Waals surface area contributed by atoms with Crippen molar-refractivity contribution in [2.24, 2.45) is 16.7 Å². The van der Waals surface area contributed by atoms with Crippen LogP contribution in [0.25, 0.3) is 44.1 Å². The number of aryl methyl sites for hydroxylation is 4. The zero-order valence-corrected chi connectivity index (χ0v) is 42.6. The second kappa shape index (κ2) is 23.0. The van der Waals surface area contributed by atoms with Gasteiger partial charge in [0, 0.05) is 49.9 Å². The number of carbonyl (C=O) groups excluding carboxylic acids is 1. The Kier molecular flexibility index (Phi) is 18.1. The summed E-state index contributed by atoms with van der Waals surface area (Å²) in [5, 5.41) is 14.6.